The molecule has 88 valence electrons. The van der Waals surface area contributed by atoms with Crippen molar-refractivity contribution in [2.45, 2.75) is 39.5 Å². The van der Waals surface area contributed by atoms with Crippen molar-refractivity contribution in [3.63, 3.8) is 0 Å². The summed E-state index contributed by atoms with van der Waals surface area (Å²) in [7, 11) is 0. The van der Waals surface area contributed by atoms with E-state index in [2.05, 4.69) is 16.9 Å². The van der Waals surface area contributed by atoms with Crippen LogP contribution in [-0.4, -0.2) is 9.97 Å². The fourth-order valence-electron chi connectivity index (χ4n) is 1.48. The molecule has 0 radical (unpaired) electrons. The van der Waals surface area contributed by atoms with Crippen LogP contribution in [0.2, 0.25) is 0 Å². The lowest BCUT2D eigenvalue weighted by molar-refractivity contribution is 0.739. The minimum absolute atomic E-state index is 0.232. The highest BCUT2D eigenvalue weighted by Gasteiger charge is 1.93. The Morgan fingerprint density at radius 2 is 1.69 bits per heavy atom. The van der Waals surface area contributed by atoms with Gasteiger partial charge in [0.15, 0.2) is 0 Å². The third-order valence-electron chi connectivity index (χ3n) is 2.43. The van der Waals surface area contributed by atoms with Crippen molar-refractivity contribution in [3.05, 3.63) is 31.4 Å². The zero-order valence-electron chi connectivity index (χ0n) is 9.80. The first-order valence-corrected chi connectivity index (χ1v) is 5.68. The average molecular weight is 222 g/mol. The van der Waals surface area contributed by atoms with Gasteiger partial charge in [-0.2, -0.15) is 0 Å². The van der Waals surface area contributed by atoms with Gasteiger partial charge in [0, 0.05) is 0 Å². The van der Waals surface area contributed by atoms with Crippen molar-refractivity contribution in [3.8, 4) is 0 Å². The largest absolute Gasteiger partial charge is 0.316 e. The molecule has 0 bridgehead atoms. The van der Waals surface area contributed by atoms with Crippen LogP contribution in [-0.2, 0) is 0 Å². The van der Waals surface area contributed by atoms with Crippen LogP contribution in [0.1, 0.15) is 39.5 Å². The molecule has 4 heteroatoms. The second-order valence-corrected chi connectivity index (χ2v) is 3.72. The van der Waals surface area contributed by atoms with Gasteiger partial charge < -0.3 is 9.97 Å². The molecule has 0 saturated carbocycles. The van der Waals surface area contributed by atoms with E-state index in [-0.39, 0.29) is 11.1 Å². The molecule has 0 aliphatic carbocycles. The quantitative estimate of drug-likeness (QED) is 0.716. The van der Waals surface area contributed by atoms with Gasteiger partial charge >= 0.3 is 0 Å². The van der Waals surface area contributed by atoms with Crippen molar-refractivity contribution in [1.82, 2.24) is 9.97 Å². The molecule has 0 fully saturated rings. The summed E-state index contributed by atoms with van der Waals surface area (Å²) in [6.45, 7) is 3.84. The molecule has 0 unspecified atom stereocenters. The summed E-state index contributed by atoms with van der Waals surface area (Å²) in [4.78, 5) is 28.1. The van der Waals surface area contributed by atoms with E-state index in [9.17, 15) is 9.59 Å². The lowest BCUT2D eigenvalue weighted by Crippen LogP contribution is -2.46. The molecule has 1 rings (SSSR count). The predicted molar refractivity (Wildman–Crippen MR) is 65.7 cm³/mol. The Labute approximate surface area is 93.7 Å². The first kappa shape index (κ1) is 12.5. The lowest BCUT2D eigenvalue weighted by Gasteiger charge is -1.92. The van der Waals surface area contributed by atoms with Crippen LogP contribution in [0.25, 0.3) is 12.2 Å². The van der Waals surface area contributed by atoms with Crippen molar-refractivity contribution < 1.29 is 0 Å². The van der Waals surface area contributed by atoms with Crippen LogP contribution in [0.4, 0.5) is 0 Å². The van der Waals surface area contributed by atoms with E-state index < -0.39 is 0 Å². The minimum atomic E-state index is -0.246. The van der Waals surface area contributed by atoms with Gasteiger partial charge in [-0.1, -0.05) is 31.9 Å². The van der Waals surface area contributed by atoms with E-state index >= 15 is 0 Å². The summed E-state index contributed by atoms with van der Waals surface area (Å²) in [6, 6.07) is 0. The van der Waals surface area contributed by atoms with Crippen molar-refractivity contribution in [2.24, 2.45) is 0 Å². The third-order valence-corrected chi connectivity index (χ3v) is 2.43. The average Bonchev–Trinajstić information content (AvgIpc) is 2.28. The zero-order chi connectivity index (χ0) is 12.0. The van der Waals surface area contributed by atoms with Gasteiger partial charge in [-0.3, -0.25) is 9.59 Å². The number of H-pyrrole nitrogens is 2. The minimum Gasteiger partial charge on any atom is -0.316 e. The summed E-state index contributed by atoms with van der Waals surface area (Å²) in [5.41, 5.74) is -0.479. The van der Waals surface area contributed by atoms with Crippen molar-refractivity contribution in [1.29, 1.82) is 0 Å². The Balaban J connectivity index is 3.03. The van der Waals surface area contributed by atoms with Crippen LogP contribution in [0, 0.1) is 0 Å². The Hall–Kier alpha value is -1.58. The highest BCUT2D eigenvalue weighted by molar-refractivity contribution is 5.18. The monoisotopic (exact) mass is 222 g/mol. The van der Waals surface area contributed by atoms with Crippen molar-refractivity contribution >= 4 is 12.2 Å². The van der Waals surface area contributed by atoms with Crippen LogP contribution < -0.4 is 21.8 Å². The molecular formula is C12H18N2O2. The van der Waals surface area contributed by atoms with E-state index in [4.69, 9.17) is 0 Å². The Morgan fingerprint density at radius 3 is 2.31 bits per heavy atom. The molecule has 0 aliphatic heterocycles. The first-order chi connectivity index (χ1) is 7.69. The fourth-order valence-corrected chi connectivity index (χ4v) is 1.48. The first-order valence-electron chi connectivity index (χ1n) is 5.68. The Bertz CT molecular complexity index is 552. The molecular weight excluding hydrogens is 204 g/mol. The second-order valence-electron chi connectivity index (χ2n) is 3.72. The summed E-state index contributed by atoms with van der Waals surface area (Å²) in [6.07, 6.45) is 7.52. The number of unbranched alkanes of at least 4 members (excludes halogenated alkanes) is 3. The number of hydrogen-bond acceptors (Lipinski definition) is 2. The third kappa shape index (κ3) is 3.22. The summed E-state index contributed by atoms with van der Waals surface area (Å²) >= 11 is 0. The molecule has 4 nitrogen and oxygen atoms in total. The number of nitrogens with one attached hydrogen (secondary N) is 2. The molecule has 0 atom stereocenters. The maximum absolute atomic E-state index is 11.5. The van der Waals surface area contributed by atoms with E-state index in [1.54, 1.807) is 19.1 Å². The molecule has 0 saturated heterocycles. The van der Waals surface area contributed by atoms with Gasteiger partial charge in [0.05, 0.1) is 0 Å². The normalized spacial score (nSPS) is 13.4. The van der Waals surface area contributed by atoms with Gasteiger partial charge in [-0.05, 0) is 19.8 Å². The van der Waals surface area contributed by atoms with E-state index in [0.29, 0.717) is 10.7 Å². The number of hydrogen-bond donors (Lipinski definition) is 2. The molecule has 0 spiro atoms. The number of aromatic nitrogens is 2. The lowest BCUT2D eigenvalue weighted by atomic mass is 10.2. The highest BCUT2D eigenvalue weighted by Crippen LogP contribution is 1.98. The maximum atomic E-state index is 11.5. The van der Waals surface area contributed by atoms with Gasteiger partial charge in [-0.15, -0.1) is 0 Å². The van der Waals surface area contributed by atoms with Crippen molar-refractivity contribution in [2.75, 3.05) is 0 Å². The molecule has 0 aliphatic rings. The van der Waals surface area contributed by atoms with Gasteiger partial charge in [0.2, 0.25) is 0 Å². The SMILES string of the molecule is C/C=c1\[nH]c(=O)/c(=C/CCCCC)[nH]c1=O. The molecule has 16 heavy (non-hydrogen) atoms. The topological polar surface area (TPSA) is 65.7 Å². The highest BCUT2D eigenvalue weighted by atomic mass is 16.1. The standard InChI is InChI=1S/C12H18N2O2/c1-3-5-6-7-8-10-12(16)13-9(4-2)11(15)14-10/h4,8H,3,5-7H2,1-2H3,(H,13,16)(H,14,15)/b9-4-,10-8-. The Kier molecular flexibility index (Phi) is 4.76. The smallest absolute Gasteiger partial charge is 0.271 e. The van der Waals surface area contributed by atoms with Gasteiger partial charge in [-0.25, -0.2) is 0 Å². The second kappa shape index (κ2) is 6.10. The van der Waals surface area contributed by atoms with Gasteiger partial charge in [0.1, 0.15) is 10.7 Å². The Morgan fingerprint density at radius 1 is 1.06 bits per heavy atom. The fraction of sp³-hybridized carbons (Fsp3) is 0.500. The van der Waals surface area contributed by atoms with E-state index in [0.717, 1.165) is 25.7 Å². The van der Waals surface area contributed by atoms with Crippen LogP contribution >= 0.6 is 0 Å². The zero-order valence-corrected chi connectivity index (χ0v) is 9.80. The molecule has 0 amide bonds. The molecule has 1 aromatic rings. The van der Waals surface area contributed by atoms with Gasteiger partial charge in [0.25, 0.3) is 11.1 Å². The maximum Gasteiger partial charge on any atom is 0.271 e. The van der Waals surface area contributed by atoms with Crippen LogP contribution in [0.15, 0.2) is 9.59 Å². The number of aromatic amines is 2. The summed E-state index contributed by atoms with van der Waals surface area (Å²) in [5, 5.41) is 0.683. The molecule has 1 aromatic heterocycles. The molecule has 1 heterocycles. The molecule has 2 N–H and O–H groups in total. The van der Waals surface area contributed by atoms with Crippen LogP contribution in [0.5, 0.6) is 0 Å². The summed E-state index contributed by atoms with van der Waals surface area (Å²) in [5.74, 6) is 0. The molecule has 0 aromatic carbocycles. The number of rotatable bonds is 4. The van der Waals surface area contributed by atoms with E-state index in [1.165, 1.54) is 0 Å². The van der Waals surface area contributed by atoms with Crippen LogP contribution in [0.3, 0.4) is 0 Å². The summed E-state index contributed by atoms with van der Waals surface area (Å²) < 4.78 is 0. The van der Waals surface area contributed by atoms with E-state index in [1.807, 2.05) is 0 Å². The predicted octanol–water partition coefficient (Wildman–Crippen LogP) is 0.224.